The minimum absolute atomic E-state index is 0.0184. The second-order valence-electron chi connectivity index (χ2n) is 5.82. The largest absolute Gasteiger partial charge is 0.352 e. The van der Waals surface area contributed by atoms with E-state index in [4.69, 9.17) is 11.6 Å². The molecule has 1 aliphatic rings. The Hall–Kier alpha value is -2.40. The molecule has 1 amide bonds. The van der Waals surface area contributed by atoms with Crippen LogP contribution in [0.3, 0.4) is 0 Å². The molecule has 24 heavy (non-hydrogen) atoms. The highest BCUT2D eigenvalue weighted by molar-refractivity contribution is 6.30. The second kappa shape index (κ2) is 7.01. The van der Waals surface area contributed by atoms with E-state index in [0.29, 0.717) is 42.1 Å². The number of carbonyl (C=O) groups is 2. The van der Waals surface area contributed by atoms with Gasteiger partial charge in [0.05, 0.1) is 0 Å². The zero-order valence-electron chi connectivity index (χ0n) is 13.0. The maximum atomic E-state index is 12.2. The molecule has 0 atom stereocenters. The summed E-state index contributed by atoms with van der Waals surface area (Å²) in [4.78, 5) is 38.9. The van der Waals surface area contributed by atoms with Crippen LogP contribution < -0.4 is 10.9 Å². The molecule has 0 aliphatic heterocycles. The van der Waals surface area contributed by atoms with Crippen LogP contribution in [0.25, 0.3) is 0 Å². The summed E-state index contributed by atoms with van der Waals surface area (Å²) in [5.41, 5.74) is 1.61. The van der Waals surface area contributed by atoms with Crippen LogP contribution >= 0.6 is 11.6 Å². The Bertz CT molecular complexity index is 858. The van der Waals surface area contributed by atoms with Crippen molar-refractivity contribution in [2.45, 2.75) is 25.7 Å². The lowest BCUT2D eigenvalue weighted by molar-refractivity contribution is 0.0952. The molecule has 1 aromatic carbocycles. The Labute approximate surface area is 144 Å². The van der Waals surface area contributed by atoms with Crippen LogP contribution in [-0.2, 0) is 12.8 Å². The fraction of sp³-hybridized carbons (Fsp3) is 0.278. The Kier molecular flexibility index (Phi) is 4.81. The summed E-state index contributed by atoms with van der Waals surface area (Å²) in [6.07, 6.45) is 2.45. The van der Waals surface area contributed by atoms with Crippen LogP contribution in [0.15, 0.2) is 35.1 Å². The number of hydrogen-bond acceptors (Lipinski definition) is 3. The van der Waals surface area contributed by atoms with Gasteiger partial charge in [0.2, 0.25) is 0 Å². The molecule has 0 fully saturated rings. The summed E-state index contributed by atoms with van der Waals surface area (Å²) in [7, 11) is 0. The lowest BCUT2D eigenvalue weighted by atomic mass is 9.93. The first-order valence-corrected chi connectivity index (χ1v) is 8.24. The number of ketones is 1. The molecule has 6 heteroatoms. The number of H-pyrrole nitrogens is 1. The molecule has 1 heterocycles. The zero-order chi connectivity index (χ0) is 17.1. The number of halogens is 1. The molecule has 3 rings (SSSR count). The molecular formula is C18H17ClN2O3. The van der Waals surface area contributed by atoms with Crippen molar-refractivity contribution in [2.75, 3.05) is 6.54 Å². The Morgan fingerprint density at radius 3 is 2.83 bits per heavy atom. The number of aromatic amines is 1. The Morgan fingerprint density at radius 1 is 1.21 bits per heavy atom. The highest BCUT2D eigenvalue weighted by Crippen LogP contribution is 2.18. The Morgan fingerprint density at radius 2 is 2.04 bits per heavy atom. The van der Waals surface area contributed by atoms with Gasteiger partial charge in [-0.1, -0.05) is 23.7 Å². The Balaban J connectivity index is 1.70. The predicted molar refractivity (Wildman–Crippen MR) is 91.8 cm³/mol. The summed E-state index contributed by atoms with van der Waals surface area (Å²) in [6.45, 7) is 0.379. The number of benzene rings is 1. The van der Waals surface area contributed by atoms with Crippen LogP contribution in [0, 0.1) is 0 Å². The van der Waals surface area contributed by atoms with Gasteiger partial charge in [-0.15, -0.1) is 0 Å². The monoisotopic (exact) mass is 344 g/mol. The minimum atomic E-state index is -0.473. The number of hydrogen-bond donors (Lipinski definition) is 2. The van der Waals surface area contributed by atoms with E-state index in [1.807, 2.05) is 18.2 Å². The van der Waals surface area contributed by atoms with Crippen molar-refractivity contribution < 1.29 is 9.59 Å². The molecule has 0 unspecified atom stereocenters. The van der Waals surface area contributed by atoms with Gasteiger partial charge < -0.3 is 10.3 Å². The fourth-order valence-electron chi connectivity index (χ4n) is 2.85. The summed E-state index contributed by atoms with van der Waals surface area (Å²) >= 11 is 5.92. The van der Waals surface area contributed by atoms with Gasteiger partial charge in [0, 0.05) is 29.2 Å². The van der Waals surface area contributed by atoms with Crippen LogP contribution in [-0.4, -0.2) is 23.2 Å². The number of nitrogens with one attached hydrogen (secondary N) is 2. The molecule has 0 spiro atoms. The van der Waals surface area contributed by atoms with Gasteiger partial charge in [-0.05, 0) is 43.0 Å². The molecule has 0 saturated carbocycles. The number of aromatic nitrogens is 1. The average molecular weight is 345 g/mol. The van der Waals surface area contributed by atoms with Crippen molar-refractivity contribution in [1.82, 2.24) is 10.3 Å². The van der Waals surface area contributed by atoms with Crippen molar-refractivity contribution in [2.24, 2.45) is 0 Å². The van der Waals surface area contributed by atoms with Crippen molar-refractivity contribution in [1.29, 1.82) is 0 Å². The quantitative estimate of drug-likeness (QED) is 0.894. The number of aryl methyl sites for hydroxylation is 1. The standard InChI is InChI=1S/C18H17ClN2O3/c19-12-4-1-3-11(9-12)7-8-20-17(23)14-10-13-15(21-18(14)24)5-2-6-16(13)22/h1,3-4,9-10H,2,5-8H2,(H,20,23)(H,21,24). The van der Waals surface area contributed by atoms with E-state index >= 15 is 0 Å². The van der Waals surface area contributed by atoms with E-state index in [-0.39, 0.29) is 11.3 Å². The zero-order valence-corrected chi connectivity index (χ0v) is 13.8. The van der Waals surface area contributed by atoms with Crippen molar-refractivity contribution in [3.63, 3.8) is 0 Å². The van der Waals surface area contributed by atoms with Crippen molar-refractivity contribution >= 4 is 23.3 Å². The smallest absolute Gasteiger partial charge is 0.261 e. The van der Waals surface area contributed by atoms with Gasteiger partial charge in [-0.2, -0.15) is 0 Å². The topological polar surface area (TPSA) is 79.0 Å². The van der Waals surface area contributed by atoms with E-state index in [1.54, 1.807) is 6.07 Å². The average Bonchev–Trinajstić information content (AvgIpc) is 2.54. The van der Waals surface area contributed by atoms with Gasteiger partial charge in [0.25, 0.3) is 11.5 Å². The molecule has 5 nitrogen and oxygen atoms in total. The third-order valence-corrected chi connectivity index (χ3v) is 4.32. The highest BCUT2D eigenvalue weighted by Gasteiger charge is 2.21. The molecule has 2 aromatic rings. The maximum Gasteiger partial charge on any atom is 0.261 e. The van der Waals surface area contributed by atoms with Gasteiger partial charge in [-0.3, -0.25) is 14.4 Å². The minimum Gasteiger partial charge on any atom is -0.352 e. The van der Waals surface area contributed by atoms with E-state index in [1.165, 1.54) is 6.07 Å². The summed E-state index contributed by atoms with van der Waals surface area (Å²) < 4.78 is 0. The number of rotatable bonds is 4. The molecular weight excluding hydrogens is 328 g/mol. The first-order valence-electron chi connectivity index (χ1n) is 7.86. The summed E-state index contributed by atoms with van der Waals surface area (Å²) in [5, 5.41) is 3.36. The predicted octanol–water partition coefficient (Wildman–Crippen LogP) is 2.52. The van der Waals surface area contributed by atoms with Gasteiger partial charge in [-0.25, -0.2) is 0 Å². The van der Waals surface area contributed by atoms with Crippen LogP contribution in [0.1, 0.15) is 44.8 Å². The maximum absolute atomic E-state index is 12.2. The van der Waals surface area contributed by atoms with Crippen molar-refractivity contribution in [3.8, 4) is 0 Å². The number of fused-ring (bicyclic) bond motifs is 1. The third-order valence-electron chi connectivity index (χ3n) is 4.09. The fourth-order valence-corrected chi connectivity index (χ4v) is 3.06. The molecule has 0 bridgehead atoms. The molecule has 124 valence electrons. The van der Waals surface area contributed by atoms with Gasteiger partial charge in [0.15, 0.2) is 5.78 Å². The van der Waals surface area contributed by atoms with E-state index < -0.39 is 11.5 Å². The van der Waals surface area contributed by atoms with E-state index in [2.05, 4.69) is 10.3 Å². The molecule has 0 saturated heterocycles. The highest BCUT2D eigenvalue weighted by atomic mass is 35.5. The molecule has 1 aliphatic carbocycles. The molecule has 2 N–H and O–H groups in total. The number of carbonyl (C=O) groups excluding carboxylic acids is 2. The SMILES string of the molecule is O=C1CCCc2[nH]c(=O)c(C(=O)NCCc3cccc(Cl)c3)cc21. The summed E-state index contributed by atoms with van der Waals surface area (Å²) in [5.74, 6) is -0.500. The third kappa shape index (κ3) is 3.57. The molecule has 1 aromatic heterocycles. The normalized spacial score (nSPS) is 13.5. The van der Waals surface area contributed by atoms with Crippen LogP contribution in [0.4, 0.5) is 0 Å². The first kappa shape index (κ1) is 16.5. The number of Topliss-reactive ketones (excluding diaryl/α,β-unsaturated/α-hetero) is 1. The first-order chi connectivity index (χ1) is 11.5. The lowest BCUT2D eigenvalue weighted by Crippen LogP contribution is -2.32. The number of pyridine rings is 1. The van der Waals surface area contributed by atoms with E-state index in [9.17, 15) is 14.4 Å². The van der Waals surface area contributed by atoms with Crippen molar-refractivity contribution in [3.05, 3.63) is 68.1 Å². The molecule has 0 radical (unpaired) electrons. The number of amides is 1. The van der Waals surface area contributed by atoms with Gasteiger partial charge in [0.1, 0.15) is 5.56 Å². The van der Waals surface area contributed by atoms with E-state index in [0.717, 1.165) is 12.0 Å². The van der Waals surface area contributed by atoms with Crippen LogP contribution in [0.2, 0.25) is 5.02 Å². The lowest BCUT2D eigenvalue weighted by Gasteiger charge is -2.15. The van der Waals surface area contributed by atoms with Crippen LogP contribution in [0.5, 0.6) is 0 Å². The van der Waals surface area contributed by atoms with Gasteiger partial charge >= 0.3 is 0 Å². The second-order valence-corrected chi connectivity index (χ2v) is 6.25. The summed E-state index contributed by atoms with van der Waals surface area (Å²) in [6, 6.07) is 8.80.